The van der Waals surface area contributed by atoms with Crippen molar-refractivity contribution in [3.05, 3.63) is 61.4 Å². The number of hydrogen-bond acceptors (Lipinski definition) is 7. The van der Waals surface area contributed by atoms with Crippen LogP contribution >= 0.6 is 13.5 Å². The highest BCUT2D eigenvalue weighted by atomic mass is 32.1. The molecule has 1 aliphatic rings. The maximum Gasteiger partial charge on any atom is 0.154 e. The standard InChI is InChI=1S/C21H21N7O.H2S/c1-3-16(28-9-7-23-14-28)4-2-15(1)18-11-19-20(25-6-5-24-19)21(27-18)26-13-17-12-22-8-10-29-17;/h1-7,9,11,14,17,22H,8,10,12-13H2,(H,26,27);1H2/t17-;/m0./s1. The van der Waals surface area contributed by atoms with Gasteiger partial charge in [-0.3, -0.25) is 4.98 Å². The lowest BCUT2D eigenvalue weighted by Gasteiger charge is -2.24. The van der Waals surface area contributed by atoms with Crippen LogP contribution in [0.4, 0.5) is 5.82 Å². The lowest BCUT2D eigenvalue weighted by atomic mass is 10.1. The summed E-state index contributed by atoms with van der Waals surface area (Å²) in [5.74, 6) is 0.721. The molecule has 1 saturated heterocycles. The summed E-state index contributed by atoms with van der Waals surface area (Å²) in [6, 6.07) is 10.2. The first kappa shape index (κ1) is 20.3. The normalized spacial score (nSPS) is 16.2. The number of rotatable bonds is 5. The molecule has 0 bridgehead atoms. The Labute approximate surface area is 181 Å². The maximum absolute atomic E-state index is 5.78. The molecule has 30 heavy (non-hydrogen) atoms. The van der Waals surface area contributed by atoms with E-state index in [1.165, 1.54) is 0 Å². The summed E-state index contributed by atoms with van der Waals surface area (Å²) in [7, 11) is 0. The van der Waals surface area contributed by atoms with E-state index in [1.807, 2.05) is 29.0 Å². The third-order valence-electron chi connectivity index (χ3n) is 4.92. The summed E-state index contributed by atoms with van der Waals surface area (Å²) in [4.78, 5) is 17.9. The number of nitrogens with zero attached hydrogens (tertiary/aromatic N) is 5. The van der Waals surface area contributed by atoms with Gasteiger partial charge in [0.1, 0.15) is 5.52 Å². The van der Waals surface area contributed by atoms with Gasteiger partial charge < -0.3 is 19.9 Å². The molecule has 0 amide bonds. The number of ether oxygens (including phenoxy) is 1. The molecule has 0 spiro atoms. The number of fused-ring (bicyclic) bond motifs is 1. The van der Waals surface area contributed by atoms with Crippen LogP contribution < -0.4 is 10.6 Å². The van der Waals surface area contributed by atoms with Crippen molar-refractivity contribution in [2.45, 2.75) is 6.10 Å². The van der Waals surface area contributed by atoms with E-state index >= 15 is 0 Å². The van der Waals surface area contributed by atoms with E-state index in [2.05, 4.69) is 37.7 Å². The number of anilines is 1. The summed E-state index contributed by atoms with van der Waals surface area (Å²) in [6.45, 7) is 3.11. The first-order valence-electron chi connectivity index (χ1n) is 9.63. The minimum atomic E-state index is 0. The van der Waals surface area contributed by atoms with Gasteiger partial charge in [-0.25, -0.2) is 15.0 Å². The Morgan fingerprint density at radius 3 is 2.77 bits per heavy atom. The zero-order valence-corrected chi connectivity index (χ0v) is 17.3. The summed E-state index contributed by atoms with van der Waals surface area (Å²) < 4.78 is 7.75. The van der Waals surface area contributed by atoms with E-state index < -0.39 is 0 Å². The average Bonchev–Trinajstić information content (AvgIpc) is 3.33. The minimum Gasteiger partial charge on any atom is -0.374 e. The van der Waals surface area contributed by atoms with Crippen LogP contribution in [0.5, 0.6) is 0 Å². The molecule has 1 aromatic carbocycles. The van der Waals surface area contributed by atoms with Gasteiger partial charge in [0.05, 0.1) is 30.2 Å². The predicted molar refractivity (Wildman–Crippen MR) is 121 cm³/mol. The largest absolute Gasteiger partial charge is 0.374 e. The molecule has 0 unspecified atom stereocenters. The van der Waals surface area contributed by atoms with Crippen LogP contribution in [-0.2, 0) is 4.74 Å². The zero-order valence-electron chi connectivity index (χ0n) is 16.3. The molecular weight excluding hydrogens is 398 g/mol. The van der Waals surface area contributed by atoms with Crippen molar-refractivity contribution >= 4 is 30.3 Å². The highest BCUT2D eigenvalue weighted by molar-refractivity contribution is 7.59. The van der Waals surface area contributed by atoms with Crippen LogP contribution in [0.25, 0.3) is 28.0 Å². The molecule has 1 aliphatic heterocycles. The monoisotopic (exact) mass is 421 g/mol. The van der Waals surface area contributed by atoms with Crippen molar-refractivity contribution < 1.29 is 4.74 Å². The third kappa shape index (κ3) is 4.28. The molecule has 2 N–H and O–H groups in total. The molecule has 8 nitrogen and oxygen atoms in total. The zero-order chi connectivity index (χ0) is 19.5. The van der Waals surface area contributed by atoms with Crippen molar-refractivity contribution in [1.82, 2.24) is 29.8 Å². The molecule has 9 heteroatoms. The Balaban J connectivity index is 0.00000218. The van der Waals surface area contributed by atoms with Crippen molar-refractivity contribution in [2.75, 3.05) is 31.6 Å². The Morgan fingerprint density at radius 2 is 2.00 bits per heavy atom. The van der Waals surface area contributed by atoms with E-state index in [9.17, 15) is 0 Å². The van der Waals surface area contributed by atoms with E-state index in [0.717, 1.165) is 53.5 Å². The molecule has 0 radical (unpaired) electrons. The van der Waals surface area contributed by atoms with Gasteiger partial charge in [-0.1, -0.05) is 12.1 Å². The van der Waals surface area contributed by atoms with Crippen LogP contribution in [0.2, 0.25) is 0 Å². The molecular formula is C21H23N7OS. The fourth-order valence-electron chi connectivity index (χ4n) is 3.42. The van der Waals surface area contributed by atoms with Gasteiger partial charge in [0.2, 0.25) is 0 Å². The van der Waals surface area contributed by atoms with Gasteiger partial charge in [0.25, 0.3) is 0 Å². The van der Waals surface area contributed by atoms with Crippen LogP contribution in [0.3, 0.4) is 0 Å². The van der Waals surface area contributed by atoms with Crippen LogP contribution in [0.1, 0.15) is 0 Å². The van der Waals surface area contributed by atoms with Gasteiger partial charge >= 0.3 is 0 Å². The number of morpholine rings is 1. The number of nitrogens with one attached hydrogen (secondary N) is 2. The molecule has 5 rings (SSSR count). The topological polar surface area (TPSA) is 89.8 Å². The van der Waals surface area contributed by atoms with Crippen molar-refractivity contribution in [3.63, 3.8) is 0 Å². The van der Waals surface area contributed by atoms with E-state index in [4.69, 9.17) is 9.72 Å². The molecule has 4 heterocycles. The van der Waals surface area contributed by atoms with Gasteiger partial charge in [0, 0.05) is 55.7 Å². The number of pyridine rings is 1. The highest BCUT2D eigenvalue weighted by Gasteiger charge is 2.15. The molecule has 154 valence electrons. The first-order chi connectivity index (χ1) is 14.4. The van der Waals surface area contributed by atoms with Crippen LogP contribution in [-0.4, -0.2) is 56.8 Å². The van der Waals surface area contributed by atoms with Crippen molar-refractivity contribution in [3.8, 4) is 16.9 Å². The fourth-order valence-corrected chi connectivity index (χ4v) is 3.42. The van der Waals surface area contributed by atoms with Crippen molar-refractivity contribution in [1.29, 1.82) is 0 Å². The first-order valence-corrected chi connectivity index (χ1v) is 9.63. The molecule has 0 saturated carbocycles. The van der Waals surface area contributed by atoms with E-state index in [0.29, 0.717) is 6.54 Å². The van der Waals surface area contributed by atoms with E-state index in [1.54, 1.807) is 24.9 Å². The molecule has 1 atom stereocenters. The summed E-state index contributed by atoms with van der Waals surface area (Å²) >= 11 is 0. The SMILES string of the molecule is S.c1cn(-c2ccc(-c3cc4nccnc4c(NC[C@@H]4CNCCO4)n3)cc2)cn1. The summed E-state index contributed by atoms with van der Waals surface area (Å²) in [5.41, 5.74) is 4.48. The maximum atomic E-state index is 5.78. The summed E-state index contributed by atoms with van der Waals surface area (Å²) in [6.07, 6.45) is 8.96. The Bertz CT molecular complexity index is 1100. The third-order valence-corrected chi connectivity index (χ3v) is 4.92. The average molecular weight is 422 g/mol. The Kier molecular flexibility index (Phi) is 6.22. The van der Waals surface area contributed by atoms with Crippen LogP contribution in [0, 0.1) is 0 Å². The Morgan fingerprint density at radius 1 is 1.13 bits per heavy atom. The van der Waals surface area contributed by atoms with Gasteiger partial charge in [-0.15, -0.1) is 0 Å². The molecule has 4 aromatic rings. The Hall–Kier alpha value is -3.01. The van der Waals surface area contributed by atoms with Crippen LogP contribution in [0.15, 0.2) is 61.4 Å². The second-order valence-corrected chi connectivity index (χ2v) is 6.87. The quantitative estimate of drug-likeness (QED) is 0.511. The van der Waals surface area contributed by atoms with Gasteiger partial charge in [-0.05, 0) is 18.2 Å². The minimum absolute atomic E-state index is 0. The number of hydrogen-bond donors (Lipinski definition) is 2. The fraction of sp³-hybridized carbons (Fsp3) is 0.238. The number of benzene rings is 1. The lowest BCUT2D eigenvalue weighted by Crippen LogP contribution is -2.42. The van der Waals surface area contributed by atoms with Gasteiger partial charge in [0.15, 0.2) is 5.82 Å². The molecule has 1 fully saturated rings. The second kappa shape index (κ2) is 9.21. The number of imidazole rings is 1. The summed E-state index contributed by atoms with van der Waals surface area (Å²) in [5, 5.41) is 6.75. The smallest absolute Gasteiger partial charge is 0.154 e. The van der Waals surface area contributed by atoms with E-state index in [-0.39, 0.29) is 19.6 Å². The van der Waals surface area contributed by atoms with Crippen molar-refractivity contribution in [2.24, 2.45) is 0 Å². The second-order valence-electron chi connectivity index (χ2n) is 6.87. The predicted octanol–water partition coefficient (Wildman–Crippen LogP) is 2.39. The highest BCUT2D eigenvalue weighted by Crippen LogP contribution is 2.26. The molecule has 3 aromatic heterocycles. The molecule has 0 aliphatic carbocycles. The number of aromatic nitrogens is 5. The lowest BCUT2D eigenvalue weighted by molar-refractivity contribution is 0.0372. The van der Waals surface area contributed by atoms with Gasteiger partial charge in [-0.2, -0.15) is 13.5 Å².